The van der Waals surface area contributed by atoms with E-state index in [2.05, 4.69) is 38.5 Å². The Morgan fingerprint density at radius 3 is 2.75 bits per heavy atom. The summed E-state index contributed by atoms with van der Waals surface area (Å²) in [5, 5.41) is 12.8. The fraction of sp³-hybridized carbons (Fsp3) is 0.762. The molecule has 1 saturated carbocycles. The maximum Gasteiger partial charge on any atom is 0.230 e. The van der Waals surface area contributed by atoms with Crippen molar-refractivity contribution >= 4 is 17.7 Å². The average molecular weight is 406 g/mol. The van der Waals surface area contributed by atoms with Gasteiger partial charge < -0.3 is 14.8 Å². The summed E-state index contributed by atoms with van der Waals surface area (Å²) >= 11 is 1.48. The van der Waals surface area contributed by atoms with Gasteiger partial charge >= 0.3 is 0 Å². The van der Waals surface area contributed by atoms with Crippen molar-refractivity contribution in [1.82, 2.24) is 25.0 Å². The molecule has 1 saturated heterocycles. The first-order chi connectivity index (χ1) is 13.7. The first-order valence-electron chi connectivity index (χ1n) is 10.8. The van der Waals surface area contributed by atoms with Crippen LogP contribution in [0.3, 0.4) is 0 Å². The van der Waals surface area contributed by atoms with Crippen LogP contribution in [0.1, 0.15) is 57.7 Å². The molecule has 1 aliphatic carbocycles. The summed E-state index contributed by atoms with van der Waals surface area (Å²) in [5.74, 6) is 2.07. The normalized spacial score (nSPS) is 23.5. The number of carbonyl (C=O) groups excluding carboxylic acids is 1. The van der Waals surface area contributed by atoms with E-state index in [9.17, 15) is 4.79 Å². The van der Waals surface area contributed by atoms with Crippen LogP contribution in [0.2, 0.25) is 0 Å². The van der Waals surface area contributed by atoms with E-state index in [-0.39, 0.29) is 5.91 Å². The minimum Gasteiger partial charge on any atom is -0.352 e. The second-order valence-corrected chi connectivity index (χ2v) is 9.12. The maximum absolute atomic E-state index is 12.4. The molecule has 7 heteroatoms. The van der Waals surface area contributed by atoms with Crippen molar-refractivity contribution in [2.75, 3.05) is 25.4 Å². The average Bonchev–Trinajstić information content (AvgIpc) is 3.09. The summed E-state index contributed by atoms with van der Waals surface area (Å²) in [7, 11) is 0. The van der Waals surface area contributed by atoms with Gasteiger partial charge in [0.1, 0.15) is 5.82 Å². The predicted octanol–water partition coefficient (Wildman–Crippen LogP) is 3.28. The van der Waals surface area contributed by atoms with Gasteiger partial charge in [-0.3, -0.25) is 4.79 Å². The van der Waals surface area contributed by atoms with E-state index in [0.29, 0.717) is 24.3 Å². The number of hydrogen-bond donors (Lipinski definition) is 1. The lowest BCUT2D eigenvalue weighted by Gasteiger charge is -2.29. The van der Waals surface area contributed by atoms with Crippen LogP contribution in [0, 0.1) is 5.92 Å². The van der Waals surface area contributed by atoms with Gasteiger partial charge in [0.2, 0.25) is 5.91 Å². The molecule has 2 aliphatic rings. The third-order valence-electron chi connectivity index (χ3n) is 6.00. The molecule has 0 bridgehead atoms. The van der Waals surface area contributed by atoms with Crippen molar-refractivity contribution in [2.24, 2.45) is 5.92 Å². The Balaban J connectivity index is 1.51. The number of nitrogens with one attached hydrogen (secondary N) is 1. The fourth-order valence-corrected chi connectivity index (χ4v) is 5.05. The Morgan fingerprint density at radius 1 is 1.21 bits per heavy atom. The number of aromatic nitrogens is 3. The number of amides is 1. The van der Waals surface area contributed by atoms with E-state index in [4.69, 9.17) is 0 Å². The number of nitrogens with zero attached hydrogens (tertiary/aromatic N) is 4. The van der Waals surface area contributed by atoms with Crippen molar-refractivity contribution in [3.63, 3.8) is 0 Å². The minimum atomic E-state index is 0.103. The van der Waals surface area contributed by atoms with E-state index < -0.39 is 0 Å². The van der Waals surface area contributed by atoms with Crippen LogP contribution in [0.4, 0.5) is 0 Å². The predicted molar refractivity (Wildman–Crippen MR) is 115 cm³/mol. The molecule has 3 rings (SSSR count). The van der Waals surface area contributed by atoms with Gasteiger partial charge in [-0.05, 0) is 44.7 Å². The van der Waals surface area contributed by atoms with Gasteiger partial charge in [-0.1, -0.05) is 44.0 Å². The van der Waals surface area contributed by atoms with Gasteiger partial charge in [-0.2, -0.15) is 0 Å². The van der Waals surface area contributed by atoms with E-state index in [1.807, 2.05) is 6.08 Å². The van der Waals surface area contributed by atoms with E-state index in [0.717, 1.165) is 30.4 Å². The van der Waals surface area contributed by atoms with Crippen LogP contribution in [0.15, 0.2) is 17.8 Å². The van der Waals surface area contributed by atoms with Gasteiger partial charge in [0.15, 0.2) is 5.16 Å². The fourth-order valence-electron chi connectivity index (χ4n) is 4.27. The van der Waals surface area contributed by atoms with Crippen LogP contribution in [0.5, 0.6) is 0 Å². The van der Waals surface area contributed by atoms with Crippen molar-refractivity contribution < 1.29 is 4.79 Å². The van der Waals surface area contributed by atoms with E-state index >= 15 is 0 Å². The molecule has 0 radical (unpaired) electrons. The Hall–Kier alpha value is -1.34. The number of rotatable bonds is 9. The zero-order chi connectivity index (χ0) is 19.8. The first kappa shape index (κ1) is 21.4. The quantitative estimate of drug-likeness (QED) is 0.505. The zero-order valence-corrected chi connectivity index (χ0v) is 18.1. The lowest BCUT2D eigenvalue weighted by Crippen LogP contribution is -2.41. The number of thioether (sulfide) groups is 1. The Labute approximate surface area is 173 Å². The molecule has 1 aromatic rings. The third-order valence-corrected chi connectivity index (χ3v) is 6.96. The molecule has 1 aromatic heterocycles. The van der Waals surface area contributed by atoms with Crippen molar-refractivity contribution in [3.8, 4) is 0 Å². The molecule has 2 atom stereocenters. The molecule has 0 spiro atoms. The number of likely N-dealkylation sites (tertiary alicyclic amines) is 1. The lowest BCUT2D eigenvalue weighted by atomic mass is 9.86. The number of allylic oxidation sites excluding steroid dienone is 1. The molecule has 156 valence electrons. The summed E-state index contributed by atoms with van der Waals surface area (Å²) in [6.45, 7) is 10.2. The summed E-state index contributed by atoms with van der Waals surface area (Å²) in [5.41, 5.74) is 0. The Bertz CT molecular complexity index is 641. The highest BCUT2D eigenvalue weighted by Crippen LogP contribution is 2.24. The van der Waals surface area contributed by atoms with E-state index in [1.165, 1.54) is 63.4 Å². The molecular formula is C21H35N5OS. The standard InChI is InChI=1S/C21H35N5OS/c1-3-12-26-19(11-15-25-13-7-4-8-14-25)23-24-21(26)28-16-20(27)22-18-10-6-5-9-17(18)2/h3,17-18H,1,4-16H2,2H3,(H,22,27)/t17-,18+/m1/s1. The number of hydrogen-bond acceptors (Lipinski definition) is 5. The molecule has 2 heterocycles. The monoisotopic (exact) mass is 405 g/mol. The van der Waals surface area contributed by atoms with E-state index in [1.54, 1.807) is 0 Å². The van der Waals surface area contributed by atoms with Crippen LogP contribution >= 0.6 is 11.8 Å². The summed E-state index contributed by atoms with van der Waals surface area (Å²) < 4.78 is 2.11. The topological polar surface area (TPSA) is 63.1 Å². The number of carbonyl (C=O) groups is 1. The molecule has 0 unspecified atom stereocenters. The molecule has 28 heavy (non-hydrogen) atoms. The molecule has 1 aliphatic heterocycles. The second kappa shape index (κ2) is 11.0. The Kier molecular flexibility index (Phi) is 8.40. The number of piperidine rings is 1. The highest BCUT2D eigenvalue weighted by atomic mass is 32.2. The largest absolute Gasteiger partial charge is 0.352 e. The van der Waals surface area contributed by atoms with Crippen LogP contribution in [0.25, 0.3) is 0 Å². The molecule has 1 amide bonds. The van der Waals surface area contributed by atoms with Gasteiger partial charge in [-0.15, -0.1) is 16.8 Å². The summed E-state index contributed by atoms with van der Waals surface area (Å²) in [6, 6.07) is 0.327. The first-order valence-corrected chi connectivity index (χ1v) is 11.8. The smallest absolute Gasteiger partial charge is 0.230 e. The third kappa shape index (κ3) is 6.08. The summed E-state index contributed by atoms with van der Waals surface area (Å²) in [6.07, 6.45) is 11.5. The second-order valence-electron chi connectivity index (χ2n) is 8.17. The van der Waals surface area contributed by atoms with Gasteiger partial charge in [-0.25, -0.2) is 0 Å². The highest BCUT2D eigenvalue weighted by molar-refractivity contribution is 7.99. The van der Waals surface area contributed by atoms with Crippen LogP contribution in [-0.2, 0) is 17.8 Å². The zero-order valence-electron chi connectivity index (χ0n) is 17.2. The minimum absolute atomic E-state index is 0.103. The molecule has 0 aromatic carbocycles. The SMILES string of the molecule is C=CCn1c(CCN2CCCCC2)nnc1SCC(=O)N[C@H]1CCCC[C@H]1C. The maximum atomic E-state index is 12.4. The molecular weight excluding hydrogens is 370 g/mol. The van der Waals surface area contributed by atoms with Crippen molar-refractivity contribution in [3.05, 3.63) is 18.5 Å². The van der Waals surface area contributed by atoms with Crippen LogP contribution < -0.4 is 5.32 Å². The summed E-state index contributed by atoms with van der Waals surface area (Å²) in [4.78, 5) is 14.9. The molecule has 6 nitrogen and oxygen atoms in total. The van der Waals surface area contributed by atoms with Crippen molar-refractivity contribution in [2.45, 2.75) is 76.0 Å². The van der Waals surface area contributed by atoms with Gasteiger partial charge in [0, 0.05) is 25.6 Å². The lowest BCUT2D eigenvalue weighted by molar-refractivity contribution is -0.119. The van der Waals surface area contributed by atoms with Gasteiger partial charge in [0.05, 0.1) is 5.75 Å². The highest BCUT2D eigenvalue weighted by Gasteiger charge is 2.23. The van der Waals surface area contributed by atoms with Crippen molar-refractivity contribution in [1.29, 1.82) is 0 Å². The Morgan fingerprint density at radius 2 is 2.00 bits per heavy atom. The molecule has 2 fully saturated rings. The molecule has 1 N–H and O–H groups in total. The van der Waals surface area contributed by atoms with Gasteiger partial charge in [0.25, 0.3) is 0 Å². The van der Waals surface area contributed by atoms with Crippen LogP contribution in [-0.4, -0.2) is 57.0 Å².